The number of imidazole rings is 1. The Balaban J connectivity index is 1.40. The number of aromatic amines is 2. The van der Waals surface area contributed by atoms with Crippen LogP contribution < -0.4 is 10.6 Å². The first kappa shape index (κ1) is 20.0. The Kier molecular flexibility index (Phi) is 4.58. The lowest BCUT2D eigenvalue weighted by Gasteiger charge is -2.06. The molecule has 0 spiro atoms. The summed E-state index contributed by atoms with van der Waals surface area (Å²) in [4.78, 5) is 41.1. The van der Waals surface area contributed by atoms with Gasteiger partial charge in [-0.15, -0.1) is 0 Å². The van der Waals surface area contributed by atoms with Gasteiger partial charge in [0.15, 0.2) is 11.5 Å². The van der Waals surface area contributed by atoms with Crippen LogP contribution in [0.1, 0.15) is 23.2 Å². The van der Waals surface area contributed by atoms with Gasteiger partial charge in [0.2, 0.25) is 5.91 Å². The molecule has 0 radical (unpaired) electrons. The van der Waals surface area contributed by atoms with Gasteiger partial charge in [0, 0.05) is 36.5 Å². The summed E-state index contributed by atoms with van der Waals surface area (Å²) in [5.74, 6) is 0.467. The maximum absolute atomic E-state index is 12.2. The molecule has 1 aliphatic rings. The van der Waals surface area contributed by atoms with Crippen molar-refractivity contribution >= 4 is 39.6 Å². The number of amides is 2. The van der Waals surface area contributed by atoms with Gasteiger partial charge in [0.25, 0.3) is 5.91 Å². The molecular weight excluding hydrogens is 432 g/mol. The first-order chi connectivity index (χ1) is 16.6. The zero-order valence-electron chi connectivity index (χ0n) is 18.2. The van der Waals surface area contributed by atoms with Crippen LogP contribution in [0.3, 0.4) is 0 Å². The molecule has 1 aliphatic carbocycles. The molecular formula is C24H20N8O2. The standard InChI is InChI=1S/C24H20N8O2/c1-25-24(34)16-3-2-4-18-19(16)30-22(29-18)20-17-8-14(10-27-21(17)32-31-20)13-7-15(11-26-9-13)28-23(33)12-5-6-12/h2-4,7-12H,5-6H2,1H3,(H,25,34)(H,28,33)(H,29,30)(H,27,31,32). The molecule has 0 atom stereocenters. The number of hydrogen-bond donors (Lipinski definition) is 4. The fraction of sp³-hybridized carbons (Fsp3) is 0.167. The van der Waals surface area contributed by atoms with Gasteiger partial charge in [-0.05, 0) is 37.1 Å². The van der Waals surface area contributed by atoms with E-state index in [0.29, 0.717) is 33.9 Å². The summed E-state index contributed by atoms with van der Waals surface area (Å²) in [5.41, 5.74) is 5.29. The van der Waals surface area contributed by atoms with E-state index in [0.717, 1.165) is 34.9 Å². The number of para-hydroxylation sites is 1. The third-order valence-corrected chi connectivity index (χ3v) is 5.91. The molecule has 2 amide bonds. The first-order valence-corrected chi connectivity index (χ1v) is 10.9. The lowest BCUT2D eigenvalue weighted by Crippen LogP contribution is -2.18. The Labute approximate surface area is 193 Å². The van der Waals surface area contributed by atoms with Crippen molar-refractivity contribution in [3.63, 3.8) is 0 Å². The summed E-state index contributed by atoms with van der Waals surface area (Å²) in [6, 6.07) is 9.24. The van der Waals surface area contributed by atoms with Gasteiger partial charge in [-0.2, -0.15) is 5.10 Å². The minimum Gasteiger partial charge on any atom is -0.355 e. The van der Waals surface area contributed by atoms with Crippen molar-refractivity contribution in [2.75, 3.05) is 12.4 Å². The number of pyridine rings is 2. The molecule has 5 aromatic rings. The van der Waals surface area contributed by atoms with Crippen molar-refractivity contribution in [3.8, 4) is 22.6 Å². The molecule has 1 fully saturated rings. The molecule has 4 aromatic heterocycles. The average Bonchev–Trinajstić information content (AvgIpc) is 3.49. The number of nitrogens with zero attached hydrogens (tertiary/aromatic N) is 4. The van der Waals surface area contributed by atoms with E-state index >= 15 is 0 Å². The minimum atomic E-state index is -0.208. The Morgan fingerprint density at radius 1 is 1.09 bits per heavy atom. The number of hydrogen-bond acceptors (Lipinski definition) is 6. The molecule has 0 aliphatic heterocycles. The number of carbonyl (C=O) groups excluding carboxylic acids is 2. The number of carbonyl (C=O) groups is 2. The average molecular weight is 452 g/mol. The van der Waals surface area contributed by atoms with E-state index in [4.69, 9.17) is 0 Å². The number of rotatable bonds is 5. The Bertz CT molecular complexity index is 1580. The van der Waals surface area contributed by atoms with E-state index in [9.17, 15) is 9.59 Å². The molecule has 0 saturated heterocycles. The highest BCUT2D eigenvalue weighted by Crippen LogP contribution is 2.32. The predicted octanol–water partition coefficient (Wildman–Crippen LogP) is 3.27. The molecule has 4 heterocycles. The van der Waals surface area contributed by atoms with Crippen LogP contribution in [0.5, 0.6) is 0 Å². The summed E-state index contributed by atoms with van der Waals surface area (Å²) in [6.45, 7) is 0. The second-order valence-corrected chi connectivity index (χ2v) is 8.28. The van der Waals surface area contributed by atoms with Crippen LogP contribution in [-0.2, 0) is 4.79 Å². The highest BCUT2D eigenvalue weighted by molar-refractivity contribution is 6.05. The number of benzene rings is 1. The second-order valence-electron chi connectivity index (χ2n) is 8.28. The van der Waals surface area contributed by atoms with Crippen LogP contribution in [0.15, 0.2) is 48.9 Å². The van der Waals surface area contributed by atoms with Crippen LogP contribution in [0.2, 0.25) is 0 Å². The van der Waals surface area contributed by atoms with Crippen molar-refractivity contribution < 1.29 is 9.59 Å². The van der Waals surface area contributed by atoms with E-state index in [1.54, 1.807) is 37.8 Å². The van der Waals surface area contributed by atoms with Crippen molar-refractivity contribution in [2.24, 2.45) is 5.92 Å². The van der Waals surface area contributed by atoms with Crippen LogP contribution >= 0.6 is 0 Å². The maximum atomic E-state index is 12.2. The second kappa shape index (κ2) is 7.77. The topological polar surface area (TPSA) is 141 Å². The number of anilines is 1. The molecule has 0 bridgehead atoms. The first-order valence-electron chi connectivity index (χ1n) is 10.9. The number of H-pyrrole nitrogens is 2. The van der Waals surface area contributed by atoms with Gasteiger partial charge in [0.05, 0.1) is 28.4 Å². The summed E-state index contributed by atoms with van der Waals surface area (Å²) in [7, 11) is 1.59. The summed E-state index contributed by atoms with van der Waals surface area (Å²) in [6.07, 6.45) is 6.98. The van der Waals surface area contributed by atoms with Gasteiger partial charge < -0.3 is 15.6 Å². The lowest BCUT2D eigenvalue weighted by atomic mass is 10.1. The quantitative estimate of drug-likeness (QED) is 0.322. The highest BCUT2D eigenvalue weighted by Gasteiger charge is 2.29. The fourth-order valence-electron chi connectivity index (χ4n) is 3.96. The van der Waals surface area contributed by atoms with Crippen LogP contribution in [-0.4, -0.2) is 49.0 Å². The molecule has 0 unspecified atom stereocenters. The van der Waals surface area contributed by atoms with Crippen molar-refractivity contribution in [1.29, 1.82) is 0 Å². The zero-order valence-corrected chi connectivity index (χ0v) is 18.2. The van der Waals surface area contributed by atoms with Crippen LogP contribution in [0.4, 0.5) is 5.69 Å². The molecule has 34 heavy (non-hydrogen) atoms. The zero-order chi connectivity index (χ0) is 23.2. The molecule has 10 nitrogen and oxygen atoms in total. The monoisotopic (exact) mass is 452 g/mol. The van der Waals surface area contributed by atoms with E-state index in [2.05, 4.69) is 40.8 Å². The van der Waals surface area contributed by atoms with E-state index in [1.807, 2.05) is 18.2 Å². The van der Waals surface area contributed by atoms with Crippen LogP contribution in [0, 0.1) is 5.92 Å². The Hall–Kier alpha value is -4.60. The third kappa shape index (κ3) is 3.45. The van der Waals surface area contributed by atoms with Crippen molar-refractivity contribution in [1.82, 2.24) is 35.5 Å². The number of fused-ring (bicyclic) bond motifs is 2. The van der Waals surface area contributed by atoms with E-state index in [-0.39, 0.29) is 17.7 Å². The van der Waals surface area contributed by atoms with Gasteiger partial charge in [-0.1, -0.05) is 6.07 Å². The molecule has 4 N–H and O–H groups in total. The van der Waals surface area contributed by atoms with Crippen molar-refractivity contribution in [2.45, 2.75) is 12.8 Å². The predicted molar refractivity (Wildman–Crippen MR) is 127 cm³/mol. The fourth-order valence-corrected chi connectivity index (χ4v) is 3.96. The van der Waals surface area contributed by atoms with E-state index < -0.39 is 0 Å². The minimum absolute atomic E-state index is 0.0330. The smallest absolute Gasteiger partial charge is 0.253 e. The van der Waals surface area contributed by atoms with Crippen molar-refractivity contribution in [3.05, 3.63) is 54.5 Å². The highest BCUT2D eigenvalue weighted by atomic mass is 16.2. The number of nitrogens with one attached hydrogen (secondary N) is 4. The lowest BCUT2D eigenvalue weighted by molar-refractivity contribution is -0.117. The summed E-state index contributed by atoms with van der Waals surface area (Å²) >= 11 is 0. The van der Waals surface area contributed by atoms with Crippen LogP contribution in [0.25, 0.3) is 44.7 Å². The van der Waals surface area contributed by atoms with E-state index in [1.165, 1.54) is 0 Å². The molecule has 1 saturated carbocycles. The molecule has 1 aromatic carbocycles. The third-order valence-electron chi connectivity index (χ3n) is 5.91. The molecule has 10 heteroatoms. The maximum Gasteiger partial charge on any atom is 0.253 e. The van der Waals surface area contributed by atoms with Gasteiger partial charge in [0.1, 0.15) is 11.2 Å². The summed E-state index contributed by atoms with van der Waals surface area (Å²) in [5, 5.41) is 13.7. The van der Waals surface area contributed by atoms with Gasteiger partial charge in [-0.3, -0.25) is 19.7 Å². The number of aromatic nitrogens is 6. The van der Waals surface area contributed by atoms with Gasteiger partial charge >= 0.3 is 0 Å². The van der Waals surface area contributed by atoms with Gasteiger partial charge in [-0.25, -0.2) is 9.97 Å². The molecule has 168 valence electrons. The SMILES string of the molecule is CNC(=O)c1cccc2[nH]c(-c3n[nH]c4ncc(-c5cncc(NC(=O)C6CC6)c5)cc34)nc12. The molecule has 6 rings (SSSR count). The Morgan fingerprint density at radius 3 is 2.76 bits per heavy atom. The summed E-state index contributed by atoms with van der Waals surface area (Å²) < 4.78 is 0. The largest absolute Gasteiger partial charge is 0.355 e. The normalized spacial score (nSPS) is 13.3. The Morgan fingerprint density at radius 2 is 1.94 bits per heavy atom.